The van der Waals surface area contributed by atoms with Gasteiger partial charge in [0.15, 0.2) is 5.90 Å². The van der Waals surface area contributed by atoms with Gasteiger partial charge in [0.2, 0.25) is 5.91 Å². The molecular formula is C24H25F3N4O5S. The van der Waals surface area contributed by atoms with Crippen LogP contribution in [0.2, 0.25) is 0 Å². The SMILES string of the molecule is CCOC(=N)CC(=S)C(=O)NC1(C(=O)NCc2ccc(Oc3ccc(OC)cc3C(F)(F)F)cn2)CC1. The lowest BCUT2D eigenvalue weighted by Crippen LogP contribution is -2.50. The van der Waals surface area contributed by atoms with Gasteiger partial charge in [-0.1, -0.05) is 12.2 Å². The van der Waals surface area contributed by atoms with Gasteiger partial charge in [0.25, 0.3) is 5.91 Å². The zero-order valence-corrected chi connectivity index (χ0v) is 20.8. The Hall–Kier alpha value is -3.74. The van der Waals surface area contributed by atoms with E-state index in [-0.39, 0.29) is 41.8 Å². The summed E-state index contributed by atoms with van der Waals surface area (Å²) in [6, 6.07) is 6.28. The van der Waals surface area contributed by atoms with E-state index < -0.39 is 34.8 Å². The van der Waals surface area contributed by atoms with Crippen LogP contribution in [0.25, 0.3) is 0 Å². The summed E-state index contributed by atoms with van der Waals surface area (Å²) in [4.78, 5) is 29.1. The number of hydrogen-bond acceptors (Lipinski definition) is 8. The molecule has 1 heterocycles. The van der Waals surface area contributed by atoms with Crippen molar-refractivity contribution >= 4 is 34.8 Å². The van der Waals surface area contributed by atoms with Crippen LogP contribution in [0.3, 0.4) is 0 Å². The highest BCUT2D eigenvalue weighted by Crippen LogP contribution is 2.40. The van der Waals surface area contributed by atoms with Crippen LogP contribution in [-0.2, 0) is 27.0 Å². The van der Waals surface area contributed by atoms with E-state index in [9.17, 15) is 22.8 Å². The molecule has 0 spiro atoms. The molecule has 37 heavy (non-hydrogen) atoms. The van der Waals surface area contributed by atoms with Gasteiger partial charge < -0.3 is 24.8 Å². The van der Waals surface area contributed by atoms with Crippen molar-refractivity contribution in [1.82, 2.24) is 15.6 Å². The van der Waals surface area contributed by atoms with Gasteiger partial charge in [-0.3, -0.25) is 20.0 Å². The van der Waals surface area contributed by atoms with Crippen LogP contribution in [0.15, 0.2) is 36.5 Å². The fraction of sp³-hybridized carbons (Fsp3) is 0.375. The fourth-order valence-electron chi connectivity index (χ4n) is 3.26. The molecule has 0 saturated heterocycles. The second-order valence-corrected chi connectivity index (χ2v) is 8.61. The molecule has 0 aliphatic heterocycles. The van der Waals surface area contributed by atoms with E-state index in [0.29, 0.717) is 18.5 Å². The largest absolute Gasteiger partial charge is 0.497 e. The van der Waals surface area contributed by atoms with Crippen molar-refractivity contribution in [2.75, 3.05) is 13.7 Å². The van der Waals surface area contributed by atoms with Crippen molar-refractivity contribution in [2.45, 2.75) is 44.4 Å². The summed E-state index contributed by atoms with van der Waals surface area (Å²) in [5.74, 6) is -1.45. The van der Waals surface area contributed by atoms with E-state index in [1.165, 1.54) is 31.5 Å². The highest BCUT2D eigenvalue weighted by atomic mass is 32.1. The van der Waals surface area contributed by atoms with Gasteiger partial charge in [0, 0.05) is 0 Å². The van der Waals surface area contributed by atoms with E-state index in [1.807, 2.05) is 0 Å². The van der Waals surface area contributed by atoms with Crippen LogP contribution in [0.4, 0.5) is 13.2 Å². The zero-order valence-electron chi connectivity index (χ0n) is 20.0. The predicted molar refractivity (Wildman–Crippen MR) is 131 cm³/mol. The second-order valence-electron chi connectivity index (χ2n) is 8.12. The van der Waals surface area contributed by atoms with Gasteiger partial charge in [-0.2, -0.15) is 13.2 Å². The number of carbonyl (C=O) groups is 2. The number of carbonyl (C=O) groups excluding carboxylic acids is 2. The number of aromatic nitrogens is 1. The molecule has 2 aromatic rings. The lowest BCUT2D eigenvalue weighted by molar-refractivity contribution is -0.138. The number of amides is 2. The van der Waals surface area contributed by atoms with E-state index in [4.69, 9.17) is 31.8 Å². The molecule has 1 aliphatic carbocycles. The highest BCUT2D eigenvalue weighted by molar-refractivity contribution is 7.82. The van der Waals surface area contributed by atoms with Gasteiger partial charge in [0.1, 0.15) is 28.4 Å². The van der Waals surface area contributed by atoms with E-state index in [2.05, 4.69) is 15.6 Å². The first-order chi connectivity index (χ1) is 17.5. The first kappa shape index (κ1) is 27.8. The van der Waals surface area contributed by atoms with Crippen LogP contribution in [-0.4, -0.2) is 46.8 Å². The minimum Gasteiger partial charge on any atom is -0.497 e. The van der Waals surface area contributed by atoms with Gasteiger partial charge in [-0.25, -0.2) is 0 Å². The molecule has 1 saturated carbocycles. The molecule has 3 rings (SSSR count). The number of pyridine rings is 1. The molecule has 1 fully saturated rings. The molecular weight excluding hydrogens is 513 g/mol. The molecule has 1 aromatic carbocycles. The van der Waals surface area contributed by atoms with Crippen molar-refractivity contribution in [1.29, 1.82) is 5.41 Å². The minimum absolute atomic E-state index is 0.0203. The third kappa shape index (κ3) is 7.38. The molecule has 0 radical (unpaired) electrons. The molecule has 9 nitrogen and oxygen atoms in total. The monoisotopic (exact) mass is 538 g/mol. The summed E-state index contributed by atoms with van der Waals surface area (Å²) in [6.45, 7) is 2.01. The maximum atomic E-state index is 13.4. The summed E-state index contributed by atoms with van der Waals surface area (Å²) in [7, 11) is 1.27. The first-order valence-corrected chi connectivity index (χ1v) is 11.6. The molecule has 0 atom stereocenters. The van der Waals surface area contributed by atoms with Gasteiger partial charge >= 0.3 is 6.18 Å². The Morgan fingerprint density at radius 3 is 2.46 bits per heavy atom. The molecule has 1 aliphatic rings. The molecule has 2 amide bonds. The summed E-state index contributed by atoms with van der Waals surface area (Å²) < 4.78 is 55.4. The van der Waals surface area contributed by atoms with Crippen molar-refractivity contribution in [3.8, 4) is 17.2 Å². The normalized spacial score (nSPS) is 13.8. The quantitative estimate of drug-likeness (QED) is 0.225. The number of ether oxygens (including phenoxy) is 3. The number of benzene rings is 1. The van der Waals surface area contributed by atoms with E-state index in [0.717, 1.165) is 12.1 Å². The standard InChI is InChI=1S/C24H25F3N4O5S/c1-3-35-20(28)11-19(37)21(32)31-23(8-9-23)22(33)30-12-14-4-5-16(13-29-14)36-18-7-6-15(34-2)10-17(18)24(25,26)27/h4-7,10,13,28H,3,8-9,11-12H2,1-2H3,(H,30,33)(H,31,32). The van der Waals surface area contributed by atoms with Crippen molar-refractivity contribution < 1.29 is 37.0 Å². The third-order valence-electron chi connectivity index (χ3n) is 5.38. The first-order valence-electron chi connectivity index (χ1n) is 11.2. The Bertz CT molecular complexity index is 1180. The van der Waals surface area contributed by atoms with Crippen LogP contribution in [0.5, 0.6) is 17.2 Å². The molecule has 1 aromatic heterocycles. The zero-order chi connectivity index (χ0) is 27.2. The minimum atomic E-state index is -4.65. The average molecular weight is 539 g/mol. The number of methoxy groups -OCH3 is 1. The second kappa shape index (κ2) is 11.5. The Morgan fingerprint density at radius 2 is 1.89 bits per heavy atom. The number of nitrogens with zero attached hydrogens (tertiary/aromatic N) is 1. The lowest BCUT2D eigenvalue weighted by atomic mass is 10.2. The van der Waals surface area contributed by atoms with Gasteiger partial charge in [0.05, 0.1) is 43.4 Å². The molecule has 3 N–H and O–H groups in total. The highest BCUT2D eigenvalue weighted by Gasteiger charge is 2.51. The maximum Gasteiger partial charge on any atom is 0.420 e. The predicted octanol–water partition coefficient (Wildman–Crippen LogP) is 3.94. The van der Waals surface area contributed by atoms with Crippen LogP contribution >= 0.6 is 12.2 Å². The number of halogens is 3. The lowest BCUT2D eigenvalue weighted by Gasteiger charge is -2.18. The van der Waals surface area contributed by atoms with Crippen LogP contribution in [0, 0.1) is 5.41 Å². The topological polar surface area (TPSA) is 123 Å². The van der Waals surface area contributed by atoms with Gasteiger partial charge in [-0.15, -0.1) is 0 Å². The smallest absolute Gasteiger partial charge is 0.420 e. The third-order valence-corrected chi connectivity index (χ3v) is 5.71. The van der Waals surface area contributed by atoms with Crippen molar-refractivity contribution in [2.24, 2.45) is 0 Å². The van der Waals surface area contributed by atoms with E-state index >= 15 is 0 Å². The van der Waals surface area contributed by atoms with Crippen LogP contribution < -0.4 is 20.1 Å². The number of thiocarbonyl (C=S) groups is 1. The van der Waals surface area contributed by atoms with Gasteiger partial charge in [-0.05, 0) is 50.1 Å². The molecule has 0 unspecified atom stereocenters. The Balaban J connectivity index is 1.56. The van der Waals surface area contributed by atoms with Crippen molar-refractivity contribution in [3.05, 3.63) is 47.8 Å². The van der Waals surface area contributed by atoms with Crippen LogP contribution in [0.1, 0.15) is 37.4 Å². The number of nitrogens with one attached hydrogen (secondary N) is 3. The van der Waals surface area contributed by atoms with Crippen molar-refractivity contribution in [3.63, 3.8) is 0 Å². The number of alkyl halides is 3. The molecule has 0 bridgehead atoms. The molecule has 13 heteroatoms. The summed E-state index contributed by atoms with van der Waals surface area (Å²) in [5.41, 5.74) is -1.65. The molecule has 198 valence electrons. The summed E-state index contributed by atoms with van der Waals surface area (Å²) >= 11 is 5.04. The Kier molecular flexibility index (Phi) is 8.69. The number of hydrogen-bond donors (Lipinski definition) is 3. The Labute approximate surface area is 216 Å². The number of rotatable bonds is 11. The Morgan fingerprint density at radius 1 is 1.19 bits per heavy atom. The maximum absolute atomic E-state index is 13.4. The van der Waals surface area contributed by atoms with E-state index in [1.54, 1.807) is 6.92 Å². The average Bonchev–Trinajstić information content (AvgIpc) is 3.63. The summed E-state index contributed by atoms with van der Waals surface area (Å²) in [5, 5.41) is 12.9. The summed E-state index contributed by atoms with van der Waals surface area (Å²) in [6.07, 6.45) is -2.68. The fourth-order valence-corrected chi connectivity index (χ4v) is 3.44.